The molecule has 2 aromatic carbocycles. The number of hydrogen-bond donors (Lipinski definition) is 2. The van der Waals surface area contributed by atoms with Crippen molar-refractivity contribution in [3.8, 4) is 5.75 Å². The van der Waals surface area contributed by atoms with Gasteiger partial charge in [-0.1, -0.05) is 28.1 Å². The van der Waals surface area contributed by atoms with Crippen LogP contribution in [0.3, 0.4) is 0 Å². The van der Waals surface area contributed by atoms with Gasteiger partial charge < -0.3 is 19.7 Å². The van der Waals surface area contributed by atoms with Crippen LogP contribution in [-0.2, 0) is 9.53 Å². The Bertz CT molecular complexity index is 963. The molecule has 6 nitrogen and oxygen atoms in total. The summed E-state index contributed by atoms with van der Waals surface area (Å²) in [5.74, 6) is 0.303. The SMILES string of the molecule is COc1c(Br)cc(Br)cc1/C=C/C(=O)NC(=S)Nc1ccccc1N1CCOCC1. The van der Waals surface area contributed by atoms with Gasteiger partial charge in [0, 0.05) is 29.2 Å². The zero-order valence-corrected chi connectivity index (χ0v) is 20.3. The standard InChI is InChI=1S/C21H21Br2N3O3S/c1-28-20-14(12-15(22)13-16(20)23)6-7-19(27)25-21(30)24-17-4-2-3-5-18(17)26-8-10-29-11-9-26/h2-7,12-13H,8-11H2,1H3,(H2,24,25,27,30)/b7-6+. The van der Waals surface area contributed by atoms with E-state index in [-0.39, 0.29) is 11.0 Å². The number of carbonyl (C=O) groups is 1. The number of morpholine rings is 1. The summed E-state index contributed by atoms with van der Waals surface area (Å²) < 4.78 is 12.5. The summed E-state index contributed by atoms with van der Waals surface area (Å²) in [4.78, 5) is 14.6. The molecule has 0 saturated carbocycles. The number of nitrogens with zero attached hydrogens (tertiary/aromatic N) is 1. The number of para-hydroxylation sites is 2. The molecule has 2 aromatic rings. The summed E-state index contributed by atoms with van der Waals surface area (Å²) in [6.07, 6.45) is 3.09. The minimum atomic E-state index is -0.338. The minimum Gasteiger partial charge on any atom is -0.495 e. The molecular weight excluding hydrogens is 534 g/mol. The quantitative estimate of drug-likeness (QED) is 0.416. The fraction of sp³-hybridized carbons (Fsp3) is 0.238. The summed E-state index contributed by atoms with van der Waals surface area (Å²) in [6.45, 7) is 3.00. The van der Waals surface area contributed by atoms with E-state index >= 15 is 0 Å². The number of amides is 1. The van der Waals surface area contributed by atoms with E-state index in [1.165, 1.54) is 6.08 Å². The molecule has 9 heteroatoms. The van der Waals surface area contributed by atoms with Gasteiger partial charge in [0.1, 0.15) is 5.75 Å². The fourth-order valence-corrected chi connectivity index (χ4v) is 4.68. The van der Waals surface area contributed by atoms with Gasteiger partial charge in [-0.05, 0) is 58.5 Å². The average Bonchev–Trinajstić information content (AvgIpc) is 2.73. The zero-order chi connectivity index (χ0) is 21.5. The first kappa shape index (κ1) is 22.7. The highest BCUT2D eigenvalue weighted by Gasteiger charge is 2.15. The smallest absolute Gasteiger partial charge is 0.250 e. The van der Waals surface area contributed by atoms with Crippen molar-refractivity contribution in [2.45, 2.75) is 0 Å². The maximum Gasteiger partial charge on any atom is 0.250 e. The first-order valence-electron chi connectivity index (χ1n) is 9.22. The molecule has 1 heterocycles. The Morgan fingerprint density at radius 3 is 2.70 bits per heavy atom. The summed E-state index contributed by atoms with van der Waals surface area (Å²) >= 11 is 12.2. The van der Waals surface area contributed by atoms with Crippen LogP contribution in [0.25, 0.3) is 6.08 Å². The fourth-order valence-electron chi connectivity index (χ4n) is 3.05. The number of thiocarbonyl (C=S) groups is 1. The maximum atomic E-state index is 12.4. The molecule has 0 spiro atoms. The molecule has 0 aromatic heterocycles. The van der Waals surface area contributed by atoms with Crippen molar-refractivity contribution < 1.29 is 14.3 Å². The van der Waals surface area contributed by atoms with E-state index in [0.29, 0.717) is 19.0 Å². The van der Waals surface area contributed by atoms with Gasteiger partial charge in [-0.25, -0.2) is 0 Å². The molecule has 2 N–H and O–H groups in total. The van der Waals surface area contributed by atoms with E-state index in [1.807, 2.05) is 36.4 Å². The summed E-state index contributed by atoms with van der Waals surface area (Å²) in [7, 11) is 1.58. The summed E-state index contributed by atoms with van der Waals surface area (Å²) in [5.41, 5.74) is 2.62. The molecule has 1 aliphatic heterocycles. The third kappa shape index (κ3) is 6.04. The van der Waals surface area contributed by atoms with Gasteiger partial charge in [-0.2, -0.15) is 0 Å². The van der Waals surface area contributed by atoms with Gasteiger partial charge >= 0.3 is 0 Å². The second-order valence-corrected chi connectivity index (χ2v) is 8.58. The van der Waals surface area contributed by atoms with Crippen LogP contribution >= 0.6 is 44.1 Å². The summed E-state index contributed by atoms with van der Waals surface area (Å²) in [5, 5.41) is 6.03. The van der Waals surface area contributed by atoms with Crippen LogP contribution in [0.2, 0.25) is 0 Å². The minimum absolute atomic E-state index is 0.229. The molecule has 0 unspecified atom stereocenters. The summed E-state index contributed by atoms with van der Waals surface area (Å²) in [6, 6.07) is 11.6. The molecule has 1 aliphatic rings. The second-order valence-electron chi connectivity index (χ2n) is 6.40. The first-order chi connectivity index (χ1) is 14.5. The Morgan fingerprint density at radius 1 is 1.23 bits per heavy atom. The van der Waals surface area contributed by atoms with Gasteiger partial charge in [0.05, 0.1) is 36.2 Å². The highest BCUT2D eigenvalue weighted by Crippen LogP contribution is 2.33. The van der Waals surface area contributed by atoms with E-state index in [9.17, 15) is 4.79 Å². The number of ether oxygens (including phenoxy) is 2. The molecule has 158 valence electrons. The van der Waals surface area contributed by atoms with Gasteiger partial charge in [-0.15, -0.1) is 0 Å². The lowest BCUT2D eigenvalue weighted by Crippen LogP contribution is -2.37. The lowest BCUT2D eigenvalue weighted by Gasteiger charge is -2.30. The van der Waals surface area contributed by atoms with Crippen molar-refractivity contribution >= 4 is 72.5 Å². The number of halogens is 2. The maximum absolute atomic E-state index is 12.4. The number of hydrogen-bond acceptors (Lipinski definition) is 5. The van der Waals surface area contributed by atoms with Crippen LogP contribution in [0.1, 0.15) is 5.56 Å². The normalized spacial score (nSPS) is 13.9. The Morgan fingerprint density at radius 2 is 1.97 bits per heavy atom. The van der Waals surface area contributed by atoms with Crippen molar-refractivity contribution in [1.82, 2.24) is 5.32 Å². The van der Waals surface area contributed by atoms with Gasteiger partial charge in [-0.3, -0.25) is 10.1 Å². The molecule has 1 fully saturated rings. The Labute approximate surface area is 197 Å². The topological polar surface area (TPSA) is 62.8 Å². The van der Waals surface area contributed by atoms with Gasteiger partial charge in [0.25, 0.3) is 0 Å². The van der Waals surface area contributed by atoms with Crippen molar-refractivity contribution in [3.05, 3.63) is 57.0 Å². The molecular formula is C21H21Br2N3O3S. The van der Waals surface area contributed by atoms with E-state index in [4.69, 9.17) is 21.7 Å². The van der Waals surface area contributed by atoms with E-state index in [2.05, 4.69) is 47.4 Å². The molecule has 0 bridgehead atoms. The predicted octanol–water partition coefficient (Wildman–Crippen LogP) is 4.58. The molecule has 3 rings (SSSR count). The molecule has 0 atom stereocenters. The number of anilines is 2. The highest BCUT2D eigenvalue weighted by atomic mass is 79.9. The van der Waals surface area contributed by atoms with E-state index < -0.39 is 0 Å². The number of methoxy groups -OCH3 is 1. The number of rotatable bonds is 5. The van der Waals surface area contributed by atoms with Gasteiger partial charge in [0.15, 0.2) is 5.11 Å². The van der Waals surface area contributed by atoms with E-state index in [0.717, 1.165) is 39.0 Å². The monoisotopic (exact) mass is 553 g/mol. The number of nitrogens with one attached hydrogen (secondary N) is 2. The Balaban J connectivity index is 1.65. The lowest BCUT2D eigenvalue weighted by atomic mass is 10.2. The van der Waals surface area contributed by atoms with Crippen molar-refractivity contribution in [1.29, 1.82) is 0 Å². The van der Waals surface area contributed by atoms with Crippen LogP contribution in [-0.4, -0.2) is 44.4 Å². The van der Waals surface area contributed by atoms with Crippen LogP contribution in [0.15, 0.2) is 51.4 Å². The zero-order valence-electron chi connectivity index (χ0n) is 16.3. The van der Waals surface area contributed by atoms with Gasteiger partial charge in [0.2, 0.25) is 5.91 Å². The molecule has 1 amide bonds. The lowest BCUT2D eigenvalue weighted by molar-refractivity contribution is -0.115. The Kier molecular flexibility index (Phi) is 8.26. The number of benzene rings is 2. The van der Waals surface area contributed by atoms with Crippen LogP contribution < -0.4 is 20.3 Å². The first-order valence-corrected chi connectivity index (χ1v) is 11.2. The highest BCUT2D eigenvalue weighted by molar-refractivity contribution is 9.11. The molecule has 0 aliphatic carbocycles. The van der Waals surface area contributed by atoms with Crippen LogP contribution in [0.4, 0.5) is 11.4 Å². The largest absolute Gasteiger partial charge is 0.495 e. The van der Waals surface area contributed by atoms with Crippen molar-refractivity contribution in [3.63, 3.8) is 0 Å². The molecule has 30 heavy (non-hydrogen) atoms. The van der Waals surface area contributed by atoms with Crippen LogP contribution in [0, 0.1) is 0 Å². The number of carbonyl (C=O) groups excluding carboxylic acids is 1. The van der Waals surface area contributed by atoms with E-state index in [1.54, 1.807) is 13.2 Å². The second kappa shape index (κ2) is 10.9. The average molecular weight is 555 g/mol. The third-order valence-electron chi connectivity index (χ3n) is 4.40. The Hall–Kier alpha value is -1.94. The van der Waals surface area contributed by atoms with Crippen LogP contribution in [0.5, 0.6) is 5.75 Å². The third-order valence-corrected chi connectivity index (χ3v) is 5.65. The molecule has 0 radical (unpaired) electrons. The predicted molar refractivity (Wildman–Crippen MR) is 131 cm³/mol. The van der Waals surface area contributed by atoms with Crippen molar-refractivity contribution in [2.75, 3.05) is 43.6 Å². The van der Waals surface area contributed by atoms with Crippen molar-refractivity contribution in [2.24, 2.45) is 0 Å². The molecule has 1 saturated heterocycles.